The SMILES string of the molecule is N[C@H]1C[C@@H](N2Cc3nn4cccnc4c3C2)COC1c1cc(F)c(F)cc1F. The fourth-order valence-corrected chi connectivity index (χ4v) is 4.15. The number of ether oxygens (including phenoxy) is 1. The van der Waals surface area contributed by atoms with E-state index in [4.69, 9.17) is 10.5 Å². The molecular formula is C19H18F3N5O. The van der Waals surface area contributed by atoms with Crippen LogP contribution in [0.3, 0.4) is 0 Å². The first-order valence-electron chi connectivity index (χ1n) is 9.08. The molecule has 0 spiro atoms. The third-order valence-electron chi connectivity index (χ3n) is 5.55. The maximum Gasteiger partial charge on any atom is 0.161 e. The molecule has 146 valence electrons. The van der Waals surface area contributed by atoms with E-state index in [0.29, 0.717) is 32.2 Å². The van der Waals surface area contributed by atoms with Crippen LogP contribution < -0.4 is 5.73 Å². The summed E-state index contributed by atoms with van der Waals surface area (Å²) in [7, 11) is 0. The van der Waals surface area contributed by atoms with Crippen LogP contribution in [0.1, 0.15) is 29.3 Å². The Bertz CT molecular complexity index is 1060. The van der Waals surface area contributed by atoms with Crippen molar-refractivity contribution in [1.29, 1.82) is 0 Å². The summed E-state index contributed by atoms with van der Waals surface area (Å²) >= 11 is 0. The van der Waals surface area contributed by atoms with E-state index < -0.39 is 29.6 Å². The van der Waals surface area contributed by atoms with Crippen molar-refractivity contribution in [2.45, 2.75) is 37.7 Å². The standard InChI is InChI=1S/C19H18F3N5O/c20-13-6-15(22)14(21)5-11(13)18-16(23)4-10(9-28-18)26-7-12-17(8-26)25-27-3-1-2-24-19(12)27/h1-3,5-6,10,16,18H,4,7-9,23H2/t10-,16+,18?/m1/s1. The molecule has 4 heterocycles. The fourth-order valence-electron chi connectivity index (χ4n) is 4.15. The number of halogens is 3. The molecule has 9 heteroatoms. The van der Waals surface area contributed by atoms with E-state index in [1.165, 1.54) is 0 Å². The molecular weight excluding hydrogens is 371 g/mol. The number of rotatable bonds is 2. The monoisotopic (exact) mass is 389 g/mol. The molecule has 5 rings (SSSR count). The number of nitrogens with two attached hydrogens (primary N) is 1. The Morgan fingerprint density at radius 3 is 2.75 bits per heavy atom. The molecule has 1 aromatic carbocycles. The Morgan fingerprint density at radius 2 is 1.93 bits per heavy atom. The lowest BCUT2D eigenvalue weighted by molar-refractivity contribution is -0.0533. The van der Waals surface area contributed by atoms with E-state index >= 15 is 0 Å². The second-order valence-corrected chi connectivity index (χ2v) is 7.31. The van der Waals surface area contributed by atoms with E-state index in [-0.39, 0.29) is 11.6 Å². The fraction of sp³-hybridized carbons (Fsp3) is 0.368. The van der Waals surface area contributed by atoms with Gasteiger partial charge in [0, 0.05) is 54.8 Å². The minimum Gasteiger partial charge on any atom is -0.370 e. The molecule has 2 N–H and O–H groups in total. The predicted molar refractivity (Wildman–Crippen MR) is 93.6 cm³/mol. The van der Waals surface area contributed by atoms with Crippen molar-refractivity contribution >= 4 is 5.65 Å². The van der Waals surface area contributed by atoms with Gasteiger partial charge in [-0.3, -0.25) is 4.90 Å². The molecule has 2 aliphatic heterocycles. The molecule has 1 unspecified atom stereocenters. The molecule has 0 aliphatic carbocycles. The van der Waals surface area contributed by atoms with Gasteiger partial charge in [-0.05, 0) is 18.6 Å². The van der Waals surface area contributed by atoms with Gasteiger partial charge in [-0.1, -0.05) is 0 Å². The molecule has 6 nitrogen and oxygen atoms in total. The van der Waals surface area contributed by atoms with Gasteiger partial charge in [0.15, 0.2) is 17.3 Å². The zero-order chi connectivity index (χ0) is 19.4. The van der Waals surface area contributed by atoms with Crippen molar-refractivity contribution in [1.82, 2.24) is 19.5 Å². The molecule has 2 aliphatic rings. The second kappa shape index (κ2) is 6.54. The molecule has 0 amide bonds. The molecule has 1 fully saturated rings. The molecule has 3 atom stereocenters. The summed E-state index contributed by atoms with van der Waals surface area (Å²) in [5.41, 5.74) is 9.08. The van der Waals surface area contributed by atoms with Crippen LogP contribution in [0.15, 0.2) is 30.6 Å². The van der Waals surface area contributed by atoms with Gasteiger partial charge in [0.1, 0.15) is 11.9 Å². The van der Waals surface area contributed by atoms with Crippen molar-refractivity contribution in [3.8, 4) is 0 Å². The van der Waals surface area contributed by atoms with Gasteiger partial charge in [0.25, 0.3) is 0 Å². The third kappa shape index (κ3) is 2.78. The quantitative estimate of drug-likeness (QED) is 0.682. The van der Waals surface area contributed by atoms with Crippen molar-refractivity contribution < 1.29 is 17.9 Å². The first kappa shape index (κ1) is 17.6. The normalized spacial score (nSPS) is 25.4. The Balaban J connectivity index is 1.32. The highest BCUT2D eigenvalue weighted by Crippen LogP contribution is 2.35. The second-order valence-electron chi connectivity index (χ2n) is 7.31. The summed E-state index contributed by atoms with van der Waals surface area (Å²) in [6.45, 7) is 1.66. The third-order valence-corrected chi connectivity index (χ3v) is 5.55. The summed E-state index contributed by atoms with van der Waals surface area (Å²) in [6.07, 6.45) is 3.34. The minimum atomic E-state index is -1.23. The Morgan fingerprint density at radius 1 is 1.11 bits per heavy atom. The summed E-state index contributed by atoms with van der Waals surface area (Å²) < 4.78 is 48.4. The lowest BCUT2D eigenvalue weighted by atomic mass is 9.93. The van der Waals surface area contributed by atoms with E-state index in [0.717, 1.165) is 23.0 Å². The highest BCUT2D eigenvalue weighted by Gasteiger charge is 2.38. The van der Waals surface area contributed by atoms with Crippen LogP contribution in [0, 0.1) is 17.5 Å². The van der Waals surface area contributed by atoms with Crippen LogP contribution in [-0.4, -0.2) is 38.2 Å². The maximum absolute atomic E-state index is 14.1. The minimum absolute atomic E-state index is 0.0255. The molecule has 1 saturated heterocycles. The largest absolute Gasteiger partial charge is 0.370 e. The van der Waals surface area contributed by atoms with E-state index in [9.17, 15) is 13.2 Å². The lowest BCUT2D eigenvalue weighted by Crippen LogP contribution is -2.47. The zero-order valence-electron chi connectivity index (χ0n) is 14.9. The molecule has 0 radical (unpaired) electrons. The Kier molecular flexibility index (Phi) is 4.11. The molecule has 0 bridgehead atoms. The van der Waals surface area contributed by atoms with Crippen molar-refractivity contribution in [2.24, 2.45) is 5.73 Å². The number of nitrogens with zero attached hydrogens (tertiary/aromatic N) is 4. The van der Waals surface area contributed by atoms with Crippen LogP contribution in [0.25, 0.3) is 5.65 Å². The van der Waals surface area contributed by atoms with Gasteiger partial charge >= 0.3 is 0 Å². The van der Waals surface area contributed by atoms with Crippen LogP contribution >= 0.6 is 0 Å². The van der Waals surface area contributed by atoms with Crippen LogP contribution in [0.4, 0.5) is 13.2 Å². The van der Waals surface area contributed by atoms with E-state index in [2.05, 4.69) is 15.0 Å². The van der Waals surface area contributed by atoms with Gasteiger partial charge in [0.05, 0.1) is 12.3 Å². The topological polar surface area (TPSA) is 68.7 Å². The highest BCUT2D eigenvalue weighted by atomic mass is 19.2. The predicted octanol–water partition coefficient (Wildman–Crippen LogP) is 2.32. The van der Waals surface area contributed by atoms with Gasteiger partial charge in [-0.15, -0.1) is 0 Å². The van der Waals surface area contributed by atoms with Crippen LogP contribution in [0.5, 0.6) is 0 Å². The molecule has 0 saturated carbocycles. The van der Waals surface area contributed by atoms with Crippen LogP contribution in [0.2, 0.25) is 0 Å². The van der Waals surface area contributed by atoms with E-state index in [1.807, 2.05) is 12.3 Å². The van der Waals surface area contributed by atoms with Crippen molar-refractivity contribution in [3.63, 3.8) is 0 Å². The zero-order valence-corrected chi connectivity index (χ0v) is 14.9. The number of fused-ring (bicyclic) bond motifs is 3. The Labute approximate surface area is 158 Å². The average Bonchev–Trinajstić information content (AvgIpc) is 3.23. The number of hydrogen-bond donors (Lipinski definition) is 1. The van der Waals surface area contributed by atoms with Gasteiger partial charge < -0.3 is 10.5 Å². The first-order valence-corrected chi connectivity index (χ1v) is 9.08. The van der Waals surface area contributed by atoms with E-state index in [1.54, 1.807) is 10.7 Å². The molecule has 3 aromatic rings. The van der Waals surface area contributed by atoms with Gasteiger partial charge in [-0.2, -0.15) is 5.10 Å². The maximum atomic E-state index is 14.1. The smallest absolute Gasteiger partial charge is 0.161 e. The van der Waals surface area contributed by atoms with Gasteiger partial charge in [-0.25, -0.2) is 22.7 Å². The summed E-state index contributed by atoms with van der Waals surface area (Å²) in [4.78, 5) is 6.61. The van der Waals surface area contributed by atoms with Gasteiger partial charge in [0.2, 0.25) is 0 Å². The lowest BCUT2D eigenvalue weighted by Gasteiger charge is -2.38. The Hall–Kier alpha value is -2.49. The number of aromatic nitrogens is 3. The average molecular weight is 389 g/mol. The molecule has 28 heavy (non-hydrogen) atoms. The summed E-state index contributed by atoms with van der Waals surface area (Å²) in [6, 6.07) is 2.69. The van der Waals surface area contributed by atoms with Crippen LogP contribution in [-0.2, 0) is 17.8 Å². The summed E-state index contributed by atoms with van der Waals surface area (Å²) in [5, 5.41) is 4.56. The first-order chi connectivity index (χ1) is 13.5. The van der Waals surface area contributed by atoms with Crippen molar-refractivity contribution in [3.05, 3.63) is 64.9 Å². The van der Waals surface area contributed by atoms with Crippen molar-refractivity contribution in [2.75, 3.05) is 6.61 Å². The molecule has 2 aromatic heterocycles. The summed E-state index contributed by atoms with van der Waals surface area (Å²) in [5.74, 6) is -3.19. The highest BCUT2D eigenvalue weighted by molar-refractivity contribution is 5.51. The number of hydrogen-bond acceptors (Lipinski definition) is 5. The number of benzene rings is 1.